The molecule has 2 aromatic rings. The SMILES string of the molecule is CNc1nc(NCCCO)c2ccsc2n1. The number of anilines is 2. The van der Waals surface area contributed by atoms with Crippen LogP contribution in [-0.4, -0.2) is 35.3 Å². The van der Waals surface area contributed by atoms with Crippen LogP contribution in [0.3, 0.4) is 0 Å². The molecule has 0 aromatic carbocycles. The van der Waals surface area contributed by atoms with Crippen LogP contribution in [0.2, 0.25) is 0 Å². The van der Waals surface area contributed by atoms with Gasteiger partial charge in [-0.15, -0.1) is 11.3 Å². The van der Waals surface area contributed by atoms with Crippen molar-refractivity contribution in [3.05, 3.63) is 11.4 Å². The Balaban J connectivity index is 2.29. The number of aliphatic hydroxyl groups is 1. The van der Waals surface area contributed by atoms with Gasteiger partial charge in [0, 0.05) is 20.2 Å². The van der Waals surface area contributed by atoms with Gasteiger partial charge in [-0.25, -0.2) is 4.98 Å². The first-order chi connectivity index (χ1) is 7.85. The minimum atomic E-state index is 0.184. The number of rotatable bonds is 5. The zero-order valence-corrected chi connectivity index (χ0v) is 9.84. The second kappa shape index (κ2) is 5.09. The van der Waals surface area contributed by atoms with Crippen LogP contribution in [0.4, 0.5) is 11.8 Å². The highest BCUT2D eigenvalue weighted by Crippen LogP contribution is 2.26. The van der Waals surface area contributed by atoms with E-state index in [1.807, 2.05) is 11.4 Å². The van der Waals surface area contributed by atoms with E-state index in [2.05, 4.69) is 20.6 Å². The van der Waals surface area contributed by atoms with Gasteiger partial charge < -0.3 is 15.7 Å². The Hall–Kier alpha value is -1.40. The Kier molecular flexibility index (Phi) is 3.53. The molecular formula is C10H14N4OS. The Morgan fingerprint density at radius 3 is 3.06 bits per heavy atom. The number of hydrogen-bond acceptors (Lipinski definition) is 6. The Morgan fingerprint density at radius 2 is 2.31 bits per heavy atom. The number of aromatic nitrogens is 2. The van der Waals surface area contributed by atoms with E-state index in [-0.39, 0.29) is 6.61 Å². The molecule has 2 aromatic heterocycles. The Bertz CT molecular complexity index is 471. The number of hydrogen-bond donors (Lipinski definition) is 3. The van der Waals surface area contributed by atoms with Crippen molar-refractivity contribution in [3.8, 4) is 0 Å². The molecule has 0 spiro atoms. The summed E-state index contributed by atoms with van der Waals surface area (Å²) in [6.07, 6.45) is 0.713. The van der Waals surface area contributed by atoms with Crippen LogP contribution >= 0.6 is 11.3 Å². The standard InChI is InChI=1S/C10H14N4OS/c1-11-10-13-8(12-4-2-5-15)7-3-6-16-9(7)14-10/h3,6,15H,2,4-5H2,1H3,(H2,11,12,13,14). The average Bonchev–Trinajstić information content (AvgIpc) is 2.77. The second-order valence-corrected chi connectivity index (χ2v) is 4.18. The third-order valence-corrected chi connectivity index (χ3v) is 2.98. The number of aliphatic hydroxyl groups excluding tert-OH is 1. The van der Waals surface area contributed by atoms with Crippen LogP contribution in [0.25, 0.3) is 10.2 Å². The highest BCUT2D eigenvalue weighted by molar-refractivity contribution is 7.16. The van der Waals surface area contributed by atoms with Gasteiger partial charge >= 0.3 is 0 Å². The second-order valence-electron chi connectivity index (χ2n) is 3.29. The van der Waals surface area contributed by atoms with Crippen molar-refractivity contribution in [3.63, 3.8) is 0 Å². The molecule has 16 heavy (non-hydrogen) atoms. The van der Waals surface area contributed by atoms with Crippen molar-refractivity contribution in [1.82, 2.24) is 9.97 Å². The number of nitrogens with one attached hydrogen (secondary N) is 2. The van der Waals surface area contributed by atoms with Crippen LogP contribution in [0.1, 0.15) is 6.42 Å². The first-order valence-electron chi connectivity index (χ1n) is 5.13. The van der Waals surface area contributed by atoms with Crippen LogP contribution in [0.5, 0.6) is 0 Å². The summed E-state index contributed by atoms with van der Waals surface area (Å²) in [5, 5.41) is 17.9. The van der Waals surface area contributed by atoms with Crippen molar-refractivity contribution < 1.29 is 5.11 Å². The van der Waals surface area contributed by atoms with E-state index in [0.717, 1.165) is 16.0 Å². The molecule has 3 N–H and O–H groups in total. The van der Waals surface area contributed by atoms with Gasteiger partial charge in [-0.3, -0.25) is 0 Å². The number of nitrogens with zero attached hydrogens (tertiary/aromatic N) is 2. The Morgan fingerprint density at radius 1 is 1.44 bits per heavy atom. The highest BCUT2D eigenvalue weighted by atomic mass is 32.1. The maximum Gasteiger partial charge on any atom is 0.225 e. The maximum atomic E-state index is 8.74. The van der Waals surface area contributed by atoms with E-state index in [1.54, 1.807) is 18.4 Å². The van der Waals surface area contributed by atoms with E-state index in [1.165, 1.54) is 0 Å². The summed E-state index contributed by atoms with van der Waals surface area (Å²) < 4.78 is 0. The van der Waals surface area contributed by atoms with Gasteiger partial charge in [0.1, 0.15) is 10.6 Å². The molecule has 0 atom stereocenters. The summed E-state index contributed by atoms with van der Waals surface area (Å²) in [5.41, 5.74) is 0. The van der Waals surface area contributed by atoms with E-state index in [4.69, 9.17) is 5.11 Å². The fraction of sp³-hybridized carbons (Fsp3) is 0.400. The molecule has 6 heteroatoms. The largest absolute Gasteiger partial charge is 0.396 e. The van der Waals surface area contributed by atoms with Gasteiger partial charge in [-0.05, 0) is 17.9 Å². The molecule has 0 saturated heterocycles. The lowest BCUT2D eigenvalue weighted by molar-refractivity contribution is 0.292. The van der Waals surface area contributed by atoms with Gasteiger partial charge in [-0.1, -0.05) is 0 Å². The molecule has 0 aliphatic heterocycles. The van der Waals surface area contributed by atoms with Gasteiger partial charge in [0.25, 0.3) is 0 Å². The summed E-state index contributed by atoms with van der Waals surface area (Å²) in [6.45, 7) is 0.894. The lowest BCUT2D eigenvalue weighted by Gasteiger charge is -2.07. The molecule has 0 aliphatic carbocycles. The number of thiophene rings is 1. The maximum absolute atomic E-state index is 8.74. The molecule has 0 saturated carbocycles. The lowest BCUT2D eigenvalue weighted by Crippen LogP contribution is -2.07. The fourth-order valence-electron chi connectivity index (χ4n) is 1.39. The predicted molar refractivity (Wildman–Crippen MR) is 67.2 cm³/mol. The molecule has 0 radical (unpaired) electrons. The fourth-order valence-corrected chi connectivity index (χ4v) is 2.15. The minimum absolute atomic E-state index is 0.184. The van der Waals surface area contributed by atoms with Crippen LogP contribution in [0.15, 0.2) is 11.4 Å². The van der Waals surface area contributed by atoms with Crippen molar-refractivity contribution >= 4 is 33.3 Å². The van der Waals surface area contributed by atoms with E-state index >= 15 is 0 Å². The topological polar surface area (TPSA) is 70.1 Å². The minimum Gasteiger partial charge on any atom is -0.396 e. The van der Waals surface area contributed by atoms with Crippen LogP contribution in [-0.2, 0) is 0 Å². The molecule has 0 amide bonds. The first-order valence-corrected chi connectivity index (χ1v) is 6.01. The van der Waals surface area contributed by atoms with Gasteiger partial charge in [0.15, 0.2) is 0 Å². The van der Waals surface area contributed by atoms with Crippen molar-refractivity contribution in [1.29, 1.82) is 0 Å². The number of fused-ring (bicyclic) bond motifs is 1. The van der Waals surface area contributed by atoms with Gasteiger partial charge in [0.2, 0.25) is 5.95 Å². The van der Waals surface area contributed by atoms with Crippen LogP contribution in [0, 0.1) is 0 Å². The lowest BCUT2D eigenvalue weighted by atomic mass is 10.3. The molecule has 5 nitrogen and oxygen atoms in total. The third kappa shape index (κ3) is 2.23. The summed E-state index contributed by atoms with van der Waals surface area (Å²) in [6, 6.07) is 2.00. The third-order valence-electron chi connectivity index (χ3n) is 2.18. The summed E-state index contributed by atoms with van der Waals surface area (Å²) in [4.78, 5) is 9.67. The molecule has 0 bridgehead atoms. The van der Waals surface area contributed by atoms with Crippen molar-refractivity contribution in [2.24, 2.45) is 0 Å². The van der Waals surface area contributed by atoms with Gasteiger partial charge in [0.05, 0.1) is 5.39 Å². The zero-order chi connectivity index (χ0) is 11.4. The Labute approximate surface area is 97.5 Å². The van der Waals surface area contributed by atoms with E-state index in [0.29, 0.717) is 18.9 Å². The molecule has 2 heterocycles. The molecular weight excluding hydrogens is 224 g/mol. The normalized spacial score (nSPS) is 10.6. The predicted octanol–water partition coefficient (Wildman–Crippen LogP) is 1.53. The average molecular weight is 238 g/mol. The first kappa shape index (κ1) is 11.1. The van der Waals surface area contributed by atoms with Crippen molar-refractivity contribution in [2.75, 3.05) is 30.8 Å². The monoisotopic (exact) mass is 238 g/mol. The van der Waals surface area contributed by atoms with Gasteiger partial charge in [-0.2, -0.15) is 4.98 Å². The molecule has 0 fully saturated rings. The quantitative estimate of drug-likeness (QED) is 0.689. The summed E-state index contributed by atoms with van der Waals surface area (Å²) >= 11 is 1.59. The van der Waals surface area contributed by atoms with Crippen molar-refractivity contribution in [2.45, 2.75) is 6.42 Å². The smallest absolute Gasteiger partial charge is 0.225 e. The van der Waals surface area contributed by atoms with Crippen LogP contribution < -0.4 is 10.6 Å². The molecule has 0 unspecified atom stereocenters. The molecule has 0 aliphatic rings. The van der Waals surface area contributed by atoms with E-state index < -0.39 is 0 Å². The highest BCUT2D eigenvalue weighted by Gasteiger charge is 2.07. The molecule has 86 valence electrons. The summed E-state index contributed by atoms with van der Waals surface area (Å²) in [7, 11) is 1.80. The summed E-state index contributed by atoms with van der Waals surface area (Å²) in [5.74, 6) is 1.44. The molecule has 2 rings (SSSR count). The zero-order valence-electron chi connectivity index (χ0n) is 9.03. The van der Waals surface area contributed by atoms with E-state index in [9.17, 15) is 0 Å².